The molecule has 0 amide bonds. The fourth-order valence-electron chi connectivity index (χ4n) is 1.85. The van der Waals surface area contributed by atoms with Crippen molar-refractivity contribution >= 4 is 10.0 Å². The molecule has 0 heterocycles. The third-order valence-electron chi connectivity index (χ3n) is 2.96. The minimum Gasteiger partial charge on any atom is -0.207 e. The van der Waals surface area contributed by atoms with Crippen LogP contribution in [0.1, 0.15) is 11.1 Å². The number of alkyl halides is 3. The van der Waals surface area contributed by atoms with E-state index >= 15 is 0 Å². The van der Waals surface area contributed by atoms with Gasteiger partial charge in [0.1, 0.15) is 16.5 Å². The topological polar surface area (TPSA) is 46.2 Å². The van der Waals surface area contributed by atoms with Crippen molar-refractivity contribution in [1.29, 1.82) is 0 Å². The van der Waals surface area contributed by atoms with Gasteiger partial charge in [-0.25, -0.2) is 21.9 Å². The van der Waals surface area contributed by atoms with Crippen LogP contribution >= 0.6 is 0 Å². The standard InChI is InChI=1S/C14H10F5NO2S/c15-11-6-1-2-7-12(11)23(21,22)20-8-9-4-3-5-10(13(9)16)14(17,18)19/h1-7,20H,8H2. The highest BCUT2D eigenvalue weighted by Gasteiger charge is 2.34. The highest BCUT2D eigenvalue weighted by atomic mass is 32.2. The van der Waals surface area contributed by atoms with Gasteiger partial charge in [-0.3, -0.25) is 0 Å². The molecule has 0 radical (unpaired) electrons. The SMILES string of the molecule is O=S(=O)(NCc1cccc(C(F)(F)F)c1F)c1ccccc1F. The number of halogens is 5. The van der Waals surface area contributed by atoms with E-state index in [0.717, 1.165) is 24.3 Å². The highest BCUT2D eigenvalue weighted by molar-refractivity contribution is 7.89. The molecule has 0 bridgehead atoms. The van der Waals surface area contributed by atoms with Crippen LogP contribution in [0.5, 0.6) is 0 Å². The van der Waals surface area contributed by atoms with E-state index in [1.165, 1.54) is 12.1 Å². The number of hydrogen-bond donors (Lipinski definition) is 1. The number of benzene rings is 2. The zero-order valence-electron chi connectivity index (χ0n) is 11.4. The Morgan fingerprint density at radius 2 is 1.61 bits per heavy atom. The summed E-state index contributed by atoms with van der Waals surface area (Å²) in [6.07, 6.45) is -4.90. The number of hydrogen-bond acceptors (Lipinski definition) is 2. The van der Waals surface area contributed by atoms with Crippen molar-refractivity contribution < 1.29 is 30.4 Å². The van der Waals surface area contributed by atoms with Gasteiger partial charge >= 0.3 is 6.18 Å². The predicted molar refractivity (Wildman–Crippen MR) is 71.8 cm³/mol. The van der Waals surface area contributed by atoms with Gasteiger partial charge < -0.3 is 0 Å². The summed E-state index contributed by atoms with van der Waals surface area (Å²) in [6.45, 7) is -0.744. The molecule has 0 aliphatic carbocycles. The van der Waals surface area contributed by atoms with Gasteiger partial charge in [0.15, 0.2) is 0 Å². The number of sulfonamides is 1. The minimum atomic E-state index is -4.90. The first-order valence-corrected chi connectivity index (χ1v) is 7.70. The van der Waals surface area contributed by atoms with Crippen LogP contribution < -0.4 is 4.72 Å². The van der Waals surface area contributed by atoms with Crippen LogP contribution in [0.3, 0.4) is 0 Å². The fourth-order valence-corrected chi connectivity index (χ4v) is 2.93. The zero-order valence-corrected chi connectivity index (χ0v) is 12.2. The molecule has 0 unspecified atom stereocenters. The van der Waals surface area contributed by atoms with E-state index < -0.39 is 50.4 Å². The summed E-state index contributed by atoms with van der Waals surface area (Å²) in [6, 6.07) is 6.97. The second kappa shape index (κ2) is 6.25. The summed E-state index contributed by atoms with van der Waals surface area (Å²) in [4.78, 5) is -0.674. The van der Waals surface area contributed by atoms with E-state index in [9.17, 15) is 30.4 Å². The smallest absolute Gasteiger partial charge is 0.207 e. The summed E-state index contributed by atoms with van der Waals surface area (Å²) in [5.74, 6) is -2.60. The molecule has 0 saturated heterocycles. The maximum atomic E-state index is 13.8. The molecule has 0 atom stereocenters. The van der Waals surface area contributed by atoms with E-state index in [0.29, 0.717) is 6.07 Å². The molecule has 0 aliphatic rings. The molecular weight excluding hydrogens is 341 g/mol. The third-order valence-corrected chi connectivity index (χ3v) is 4.40. The lowest BCUT2D eigenvalue weighted by Crippen LogP contribution is -2.25. The molecule has 23 heavy (non-hydrogen) atoms. The van der Waals surface area contributed by atoms with Crippen LogP contribution in [0.2, 0.25) is 0 Å². The van der Waals surface area contributed by atoms with Crippen molar-refractivity contribution in [3.05, 3.63) is 65.2 Å². The molecule has 0 fully saturated rings. The van der Waals surface area contributed by atoms with Crippen LogP contribution in [0.15, 0.2) is 47.4 Å². The maximum absolute atomic E-state index is 13.8. The van der Waals surface area contributed by atoms with Crippen LogP contribution in [0.25, 0.3) is 0 Å². The minimum absolute atomic E-state index is 0.500. The van der Waals surface area contributed by atoms with Crippen LogP contribution in [-0.4, -0.2) is 8.42 Å². The normalized spacial score (nSPS) is 12.4. The van der Waals surface area contributed by atoms with E-state index in [4.69, 9.17) is 0 Å². The Hall–Kier alpha value is -2.00. The summed E-state index contributed by atoms with van der Waals surface area (Å²) < 4.78 is 90.8. The first kappa shape index (κ1) is 17.4. The Kier molecular flexibility index (Phi) is 4.71. The van der Waals surface area contributed by atoms with Crippen molar-refractivity contribution in [3.8, 4) is 0 Å². The molecule has 9 heteroatoms. The van der Waals surface area contributed by atoms with Gasteiger partial charge in [0.25, 0.3) is 0 Å². The Morgan fingerprint density at radius 3 is 2.22 bits per heavy atom. The maximum Gasteiger partial charge on any atom is 0.419 e. The molecule has 0 saturated carbocycles. The average Bonchev–Trinajstić information content (AvgIpc) is 2.45. The summed E-state index contributed by atoms with van der Waals surface area (Å²) in [5.41, 5.74) is -2.00. The van der Waals surface area contributed by atoms with Crippen LogP contribution in [-0.2, 0) is 22.7 Å². The monoisotopic (exact) mass is 351 g/mol. The Balaban J connectivity index is 2.27. The second-order valence-corrected chi connectivity index (χ2v) is 6.27. The zero-order chi connectivity index (χ0) is 17.3. The van der Waals surface area contributed by atoms with Gasteiger partial charge in [-0.2, -0.15) is 13.2 Å². The molecule has 2 rings (SSSR count). The van der Waals surface area contributed by atoms with Gasteiger partial charge in [-0.1, -0.05) is 24.3 Å². The van der Waals surface area contributed by atoms with Crippen molar-refractivity contribution in [2.45, 2.75) is 17.6 Å². The fraction of sp³-hybridized carbons (Fsp3) is 0.143. The van der Waals surface area contributed by atoms with Crippen molar-refractivity contribution in [1.82, 2.24) is 4.72 Å². The predicted octanol–water partition coefficient (Wildman–Crippen LogP) is 3.46. The Labute approximate surface area is 128 Å². The molecule has 2 aromatic carbocycles. The van der Waals surface area contributed by atoms with Gasteiger partial charge in [-0.05, 0) is 18.2 Å². The van der Waals surface area contributed by atoms with E-state index in [1.54, 1.807) is 0 Å². The molecule has 0 aromatic heterocycles. The lowest BCUT2D eigenvalue weighted by molar-refractivity contribution is -0.140. The quantitative estimate of drug-likeness (QED) is 0.858. The van der Waals surface area contributed by atoms with Crippen molar-refractivity contribution in [2.75, 3.05) is 0 Å². The average molecular weight is 351 g/mol. The first-order valence-electron chi connectivity index (χ1n) is 6.21. The molecule has 0 aliphatic heterocycles. The molecule has 124 valence electrons. The van der Waals surface area contributed by atoms with Crippen molar-refractivity contribution in [2.24, 2.45) is 0 Å². The largest absolute Gasteiger partial charge is 0.419 e. The molecule has 1 N–H and O–H groups in total. The Bertz CT molecular complexity index is 818. The van der Waals surface area contributed by atoms with Crippen molar-refractivity contribution in [3.63, 3.8) is 0 Å². The summed E-state index contributed by atoms with van der Waals surface area (Å²) >= 11 is 0. The van der Waals surface area contributed by atoms with Crippen LogP contribution in [0, 0.1) is 11.6 Å². The molecule has 2 aromatic rings. The number of rotatable bonds is 4. The Morgan fingerprint density at radius 1 is 0.957 bits per heavy atom. The molecular formula is C14H10F5NO2S. The number of nitrogens with one attached hydrogen (secondary N) is 1. The molecule has 3 nitrogen and oxygen atoms in total. The lowest BCUT2D eigenvalue weighted by atomic mass is 10.1. The van der Waals surface area contributed by atoms with Gasteiger partial charge in [0.05, 0.1) is 5.56 Å². The highest BCUT2D eigenvalue weighted by Crippen LogP contribution is 2.32. The van der Waals surface area contributed by atoms with E-state index in [1.807, 2.05) is 4.72 Å². The van der Waals surface area contributed by atoms with E-state index in [2.05, 4.69) is 0 Å². The van der Waals surface area contributed by atoms with Crippen LogP contribution in [0.4, 0.5) is 22.0 Å². The molecule has 0 spiro atoms. The van der Waals surface area contributed by atoms with Gasteiger partial charge in [0.2, 0.25) is 10.0 Å². The van der Waals surface area contributed by atoms with Gasteiger partial charge in [0, 0.05) is 12.1 Å². The summed E-state index contributed by atoms with van der Waals surface area (Å²) in [7, 11) is -4.33. The van der Waals surface area contributed by atoms with Gasteiger partial charge in [-0.15, -0.1) is 0 Å². The lowest BCUT2D eigenvalue weighted by Gasteiger charge is -2.12. The first-order chi connectivity index (χ1) is 10.6. The van der Waals surface area contributed by atoms with E-state index in [-0.39, 0.29) is 0 Å². The third kappa shape index (κ3) is 3.85. The summed E-state index contributed by atoms with van der Waals surface area (Å²) in [5, 5.41) is 0. The second-order valence-electron chi connectivity index (χ2n) is 4.53.